The lowest BCUT2D eigenvalue weighted by molar-refractivity contribution is -0.116. The number of carbonyl (C=O) groups is 1. The fraction of sp³-hybridized carbons (Fsp3) is 0.214. The van der Waals surface area contributed by atoms with Gasteiger partial charge in [0.15, 0.2) is 0 Å². The Kier molecular flexibility index (Phi) is 3.93. The molecule has 7 nitrogen and oxygen atoms in total. The van der Waals surface area contributed by atoms with Crippen LogP contribution in [0.25, 0.3) is 0 Å². The van der Waals surface area contributed by atoms with Crippen LogP contribution in [0.5, 0.6) is 0 Å². The lowest BCUT2D eigenvalue weighted by atomic mass is 10.1. The van der Waals surface area contributed by atoms with Gasteiger partial charge in [-0.3, -0.25) is 19.0 Å². The third kappa shape index (κ3) is 3.02. The maximum Gasteiger partial charge on any atom is 0.316 e. The summed E-state index contributed by atoms with van der Waals surface area (Å²) in [6.45, 7) is 1.55. The van der Waals surface area contributed by atoms with Crippen LogP contribution >= 0.6 is 0 Å². The molecule has 0 saturated heterocycles. The summed E-state index contributed by atoms with van der Waals surface area (Å²) < 4.78 is 2.23. The molecule has 0 unspecified atom stereocenters. The molecule has 110 valence electrons. The van der Waals surface area contributed by atoms with Gasteiger partial charge < -0.3 is 15.6 Å². The highest BCUT2D eigenvalue weighted by Crippen LogP contribution is 2.20. The fourth-order valence-electron chi connectivity index (χ4n) is 1.85. The fourth-order valence-corrected chi connectivity index (χ4v) is 1.85. The van der Waals surface area contributed by atoms with Crippen molar-refractivity contribution in [1.29, 1.82) is 0 Å². The highest BCUT2D eigenvalue weighted by molar-refractivity contribution is 5.92. The lowest BCUT2D eigenvalue weighted by Crippen LogP contribution is -2.41. The van der Waals surface area contributed by atoms with Crippen molar-refractivity contribution in [2.75, 3.05) is 11.1 Å². The average molecular weight is 288 g/mol. The second-order valence-corrected chi connectivity index (χ2v) is 4.72. The van der Waals surface area contributed by atoms with Crippen molar-refractivity contribution in [2.45, 2.75) is 13.5 Å². The number of benzene rings is 1. The molecule has 0 saturated carbocycles. The van der Waals surface area contributed by atoms with Crippen LogP contribution in [-0.2, 0) is 18.4 Å². The minimum absolute atomic E-state index is 0.233. The predicted octanol–water partition coefficient (Wildman–Crippen LogP) is 0.0763. The third-order valence-corrected chi connectivity index (χ3v) is 3.20. The molecule has 7 heteroatoms. The van der Waals surface area contributed by atoms with Crippen LogP contribution in [0.4, 0.5) is 11.4 Å². The van der Waals surface area contributed by atoms with Crippen molar-refractivity contribution in [3.8, 4) is 0 Å². The van der Waals surface area contributed by atoms with E-state index in [-0.39, 0.29) is 6.54 Å². The Labute approximate surface area is 120 Å². The Bertz CT molecular complexity index is 805. The summed E-state index contributed by atoms with van der Waals surface area (Å²) in [6.07, 6.45) is 2.83. The van der Waals surface area contributed by atoms with Crippen molar-refractivity contribution in [3.63, 3.8) is 0 Å². The minimum atomic E-state index is -0.737. The van der Waals surface area contributed by atoms with Gasteiger partial charge in [-0.05, 0) is 24.6 Å². The molecule has 0 bridgehead atoms. The molecule has 0 atom stereocenters. The minimum Gasteiger partial charge on any atom is -0.398 e. The number of hydrogen-bond acceptors (Lipinski definition) is 4. The molecule has 1 heterocycles. The van der Waals surface area contributed by atoms with Crippen LogP contribution < -0.4 is 22.2 Å². The van der Waals surface area contributed by atoms with E-state index in [1.807, 2.05) is 0 Å². The molecule has 21 heavy (non-hydrogen) atoms. The van der Waals surface area contributed by atoms with Gasteiger partial charge in [-0.2, -0.15) is 0 Å². The maximum atomic E-state index is 12.0. The number of rotatable bonds is 3. The molecule has 0 aliphatic rings. The zero-order valence-corrected chi connectivity index (χ0v) is 11.8. The lowest BCUT2D eigenvalue weighted by Gasteiger charge is -2.11. The number of nitrogens with two attached hydrogens (primary N) is 1. The molecule has 0 aliphatic heterocycles. The van der Waals surface area contributed by atoms with Gasteiger partial charge >= 0.3 is 11.1 Å². The molecule has 1 aromatic carbocycles. The molecular weight excluding hydrogens is 272 g/mol. The Morgan fingerprint density at radius 2 is 1.95 bits per heavy atom. The first-order valence-electron chi connectivity index (χ1n) is 6.31. The molecule has 2 rings (SSSR count). The van der Waals surface area contributed by atoms with Crippen molar-refractivity contribution in [1.82, 2.24) is 9.13 Å². The second-order valence-electron chi connectivity index (χ2n) is 4.72. The molecule has 1 amide bonds. The Morgan fingerprint density at radius 1 is 1.24 bits per heavy atom. The summed E-state index contributed by atoms with van der Waals surface area (Å²) in [5.74, 6) is -0.404. The number of amides is 1. The summed E-state index contributed by atoms with van der Waals surface area (Å²) in [5.41, 5.74) is 6.25. The second kappa shape index (κ2) is 5.66. The Morgan fingerprint density at radius 3 is 2.67 bits per heavy atom. The molecule has 3 N–H and O–H groups in total. The van der Waals surface area contributed by atoms with E-state index >= 15 is 0 Å². The van der Waals surface area contributed by atoms with Crippen LogP contribution in [0.3, 0.4) is 0 Å². The van der Waals surface area contributed by atoms with E-state index in [2.05, 4.69) is 5.32 Å². The summed E-state index contributed by atoms with van der Waals surface area (Å²) in [4.78, 5) is 35.2. The first-order valence-corrected chi connectivity index (χ1v) is 6.31. The zero-order valence-electron chi connectivity index (χ0n) is 11.8. The van der Waals surface area contributed by atoms with E-state index in [0.717, 1.165) is 10.1 Å². The normalized spacial score (nSPS) is 10.4. The summed E-state index contributed by atoms with van der Waals surface area (Å²) in [7, 11) is 1.48. The first-order chi connectivity index (χ1) is 9.90. The summed E-state index contributed by atoms with van der Waals surface area (Å²) >= 11 is 0. The largest absolute Gasteiger partial charge is 0.398 e. The number of nitrogens with zero attached hydrogens (tertiary/aromatic N) is 2. The molecule has 1 aromatic heterocycles. The average Bonchev–Trinajstić information content (AvgIpc) is 2.45. The molecule has 0 aliphatic carbocycles. The molecular formula is C14H16N4O3. The van der Waals surface area contributed by atoms with Crippen LogP contribution in [0, 0.1) is 6.92 Å². The van der Waals surface area contributed by atoms with Crippen LogP contribution in [-0.4, -0.2) is 15.0 Å². The van der Waals surface area contributed by atoms with Gasteiger partial charge in [0.2, 0.25) is 5.91 Å². The highest BCUT2D eigenvalue weighted by Gasteiger charge is 2.09. The van der Waals surface area contributed by atoms with Crippen LogP contribution in [0.1, 0.15) is 5.56 Å². The molecule has 0 radical (unpaired) electrons. The smallest absolute Gasteiger partial charge is 0.316 e. The highest BCUT2D eigenvalue weighted by atomic mass is 16.2. The number of anilines is 2. The Balaban J connectivity index is 2.20. The van der Waals surface area contributed by atoms with E-state index in [4.69, 9.17) is 5.73 Å². The zero-order chi connectivity index (χ0) is 15.6. The third-order valence-electron chi connectivity index (χ3n) is 3.20. The number of carbonyl (C=O) groups excluding carboxylic acids is 1. The maximum absolute atomic E-state index is 12.0. The van der Waals surface area contributed by atoms with Crippen LogP contribution in [0.2, 0.25) is 0 Å². The molecule has 0 fully saturated rings. The summed E-state index contributed by atoms with van der Waals surface area (Å²) in [6, 6.07) is 5.18. The number of aryl methyl sites for hydroxylation is 1. The number of hydrogen-bond donors (Lipinski definition) is 2. The van der Waals surface area contributed by atoms with Gasteiger partial charge in [0, 0.05) is 30.8 Å². The van der Waals surface area contributed by atoms with Gasteiger partial charge in [-0.1, -0.05) is 6.07 Å². The van der Waals surface area contributed by atoms with Crippen molar-refractivity contribution in [3.05, 3.63) is 56.9 Å². The Hall–Kier alpha value is -2.83. The van der Waals surface area contributed by atoms with Crippen molar-refractivity contribution >= 4 is 17.3 Å². The van der Waals surface area contributed by atoms with Crippen molar-refractivity contribution in [2.24, 2.45) is 7.05 Å². The van der Waals surface area contributed by atoms with Gasteiger partial charge in [-0.15, -0.1) is 0 Å². The van der Waals surface area contributed by atoms with Gasteiger partial charge in [0.1, 0.15) is 6.54 Å². The SMILES string of the molecule is Cc1c(N)cccc1NC(=O)Cn1ccn(C)c(=O)c1=O. The number of aromatic nitrogens is 2. The predicted molar refractivity (Wildman–Crippen MR) is 80.2 cm³/mol. The van der Waals surface area contributed by atoms with Gasteiger partial charge in [0.25, 0.3) is 0 Å². The standard InChI is InChI=1S/C14H16N4O3/c1-9-10(15)4-3-5-11(9)16-12(19)8-18-7-6-17(2)13(20)14(18)21/h3-7H,8,15H2,1-2H3,(H,16,19). The number of nitrogens with one attached hydrogen (secondary N) is 1. The topological polar surface area (TPSA) is 99.1 Å². The van der Waals surface area contributed by atoms with E-state index in [1.165, 1.54) is 24.0 Å². The van der Waals surface area contributed by atoms with Gasteiger partial charge in [0.05, 0.1) is 0 Å². The first kappa shape index (κ1) is 14.6. The monoisotopic (exact) mass is 288 g/mol. The van der Waals surface area contributed by atoms with Gasteiger partial charge in [-0.25, -0.2) is 0 Å². The van der Waals surface area contributed by atoms with E-state index in [9.17, 15) is 14.4 Å². The van der Waals surface area contributed by atoms with E-state index < -0.39 is 17.0 Å². The molecule has 2 aromatic rings. The number of nitrogen functional groups attached to an aromatic ring is 1. The summed E-state index contributed by atoms with van der Waals surface area (Å²) in [5, 5.41) is 2.67. The van der Waals surface area contributed by atoms with Crippen molar-refractivity contribution < 1.29 is 4.79 Å². The van der Waals surface area contributed by atoms with Crippen LogP contribution in [0.15, 0.2) is 40.2 Å². The quantitative estimate of drug-likeness (QED) is 0.617. The molecule has 0 spiro atoms. The van der Waals surface area contributed by atoms with E-state index in [0.29, 0.717) is 11.4 Å². The van der Waals surface area contributed by atoms with E-state index in [1.54, 1.807) is 25.1 Å².